The van der Waals surface area contributed by atoms with Crippen LogP contribution in [0.1, 0.15) is 33.6 Å². The average molecular weight is 179 g/mol. The number of hydrogen-bond donors (Lipinski definition) is 0. The van der Waals surface area contributed by atoms with Crippen LogP contribution in [0.3, 0.4) is 0 Å². The van der Waals surface area contributed by atoms with Crippen LogP contribution in [0.15, 0.2) is 0 Å². The van der Waals surface area contributed by atoms with Crippen LogP contribution in [-0.4, -0.2) is 14.2 Å². The highest BCUT2D eigenvalue weighted by Gasteiger charge is 2.12. The van der Waals surface area contributed by atoms with Crippen LogP contribution in [-0.2, 0) is 14.7 Å². The van der Waals surface area contributed by atoms with Crippen LogP contribution in [0.5, 0.6) is 0 Å². The van der Waals surface area contributed by atoms with Gasteiger partial charge in [0.2, 0.25) is 0 Å². The lowest BCUT2D eigenvalue weighted by molar-refractivity contribution is 0.365. The molecule has 0 N–H and O–H groups in total. The van der Waals surface area contributed by atoms with E-state index in [4.69, 9.17) is 0 Å². The molecule has 0 fully saturated rings. The summed E-state index contributed by atoms with van der Waals surface area (Å²) in [5, 5.41) is 0. The minimum atomic E-state index is -4.00. The average Bonchev–Trinajstić information content (AvgIpc) is 1.55. The van der Waals surface area contributed by atoms with Gasteiger partial charge in [-0.3, -0.25) is 0 Å². The molecule has 0 amide bonds. The van der Waals surface area contributed by atoms with Crippen molar-refractivity contribution in [2.24, 2.45) is 5.41 Å². The van der Waals surface area contributed by atoms with Gasteiger partial charge in [-0.15, -0.1) is 0 Å². The van der Waals surface area contributed by atoms with Gasteiger partial charge in [0, 0.05) is 0 Å². The Labute approximate surface area is 68.6 Å². The molecule has 0 saturated carbocycles. The third-order valence-corrected chi connectivity index (χ3v) is 2.11. The number of hydrogen-bond acceptors (Lipinski definition) is 2. The van der Waals surface area contributed by atoms with Gasteiger partial charge < -0.3 is 0 Å². The fraction of sp³-hybridized carbons (Fsp3) is 1.00. The molecule has 4 heteroatoms. The highest BCUT2D eigenvalue weighted by molar-refractivity contribution is 7.85. The van der Waals surface area contributed by atoms with Crippen molar-refractivity contribution < 1.29 is 13.0 Å². The highest BCUT2D eigenvalue weighted by atomic mass is 32.2. The van der Waals surface area contributed by atoms with Crippen molar-refractivity contribution in [1.29, 1.82) is 0 Å². The van der Waals surface area contributed by atoms with E-state index in [9.17, 15) is 13.0 Å². The first-order chi connectivity index (χ1) is 4.71. The monoisotopic (exact) mass is 179 g/mol. The zero-order chi connectivity index (χ0) is 9.12. The Morgan fingerprint density at radius 1 is 1.18 bits per heavy atom. The number of rotatable bonds is 3. The van der Waals surface area contributed by atoms with Gasteiger partial charge in [0.15, 0.2) is 0 Å². The van der Waals surface area contributed by atoms with E-state index < -0.39 is 10.1 Å². The zero-order valence-electron chi connectivity index (χ0n) is 7.25. The molecule has 0 heterocycles. The normalized spacial score (nSPS) is 13.5. The van der Waals surface area contributed by atoms with E-state index in [0.29, 0.717) is 6.42 Å². The first-order valence-corrected chi connectivity index (χ1v) is 5.22. The van der Waals surface area contributed by atoms with Crippen LogP contribution in [0.4, 0.5) is 0 Å². The SMILES string of the molecule is CC(C)(C)CCCS([O])(=O)=O. The molecular formula is C7H15O3S. The van der Waals surface area contributed by atoms with Crippen molar-refractivity contribution in [2.45, 2.75) is 33.6 Å². The fourth-order valence-electron chi connectivity index (χ4n) is 0.779. The van der Waals surface area contributed by atoms with E-state index in [1.165, 1.54) is 0 Å². The second-order valence-corrected chi connectivity index (χ2v) is 5.45. The lowest BCUT2D eigenvalue weighted by Gasteiger charge is -2.16. The molecule has 0 aliphatic rings. The second kappa shape index (κ2) is 3.54. The molecule has 67 valence electrons. The minimum absolute atomic E-state index is 0.116. The quantitative estimate of drug-likeness (QED) is 0.660. The van der Waals surface area contributed by atoms with Crippen molar-refractivity contribution in [3.63, 3.8) is 0 Å². The third kappa shape index (κ3) is 9.91. The lowest BCUT2D eigenvalue weighted by Crippen LogP contribution is -2.09. The molecule has 0 unspecified atom stereocenters. The standard InChI is InChI=1S/C7H15O3S/c1-7(2,3)5-4-6-11(8,9)10/h4-6H2,1-3H3. The maximum absolute atomic E-state index is 10.2. The predicted molar refractivity (Wildman–Crippen MR) is 43.2 cm³/mol. The summed E-state index contributed by atoms with van der Waals surface area (Å²) < 4.78 is 30.5. The minimum Gasteiger partial charge on any atom is -0.197 e. The smallest absolute Gasteiger partial charge is 0.197 e. The Hall–Kier alpha value is -0.0900. The Kier molecular flexibility index (Phi) is 3.51. The fourth-order valence-corrected chi connectivity index (χ4v) is 1.28. The summed E-state index contributed by atoms with van der Waals surface area (Å²) in [6.45, 7) is 6.05. The highest BCUT2D eigenvalue weighted by Crippen LogP contribution is 2.20. The van der Waals surface area contributed by atoms with Gasteiger partial charge in [0.25, 0.3) is 10.1 Å². The summed E-state index contributed by atoms with van der Waals surface area (Å²) in [6.07, 6.45) is 1.24. The molecule has 0 aliphatic carbocycles. The summed E-state index contributed by atoms with van der Waals surface area (Å²) in [4.78, 5) is 0. The zero-order valence-corrected chi connectivity index (χ0v) is 8.07. The molecular weight excluding hydrogens is 164 g/mol. The lowest BCUT2D eigenvalue weighted by atomic mass is 9.91. The van der Waals surface area contributed by atoms with Crippen molar-refractivity contribution in [3.8, 4) is 0 Å². The Morgan fingerprint density at radius 2 is 1.64 bits per heavy atom. The maximum atomic E-state index is 10.2. The van der Waals surface area contributed by atoms with Crippen molar-refractivity contribution in [1.82, 2.24) is 0 Å². The summed E-state index contributed by atoms with van der Waals surface area (Å²) in [5.41, 5.74) is 0.116. The summed E-state index contributed by atoms with van der Waals surface area (Å²) >= 11 is 0. The molecule has 0 saturated heterocycles. The molecule has 0 aliphatic heterocycles. The second-order valence-electron chi connectivity index (χ2n) is 3.93. The van der Waals surface area contributed by atoms with Gasteiger partial charge in [0.05, 0.1) is 5.75 Å². The van der Waals surface area contributed by atoms with E-state index in [0.717, 1.165) is 6.42 Å². The van der Waals surface area contributed by atoms with Gasteiger partial charge in [0.1, 0.15) is 0 Å². The van der Waals surface area contributed by atoms with E-state index >= 15 is 0 Å². The molecule has 0 aromatic rings. The molecule has 3 nitrogen and oxygen atoms in total. The Bertz CT molecular complexity index is 198. The first kappa shape index (κ1) is 10.9. The van der Waals surface area contributed by atoms with Crippen LogP contribution in [0.25, 0.3) is 0 Å². The molecule has 0 atom stereocenters. The van der Waals surface area contributed by atoms with Crippen LogP contribution < -0.4 is 0 Å². The molecule has 0 rings (SSSR count). The molecule has 0 aromatic heterocycles. The molecule has 0 bridgehead atoms. The Balaban J connectivity index is 3.61. The summed E-state index contributed by atoms with van der Waals surface area (Å²) in [5.74, 6) is -0.232. The van der Waals surface area contributed by atoms with E-state index in [1.54, 1.807) is 0 Å². The molecule has 0 spiro atoms. The topological polar surface area (TPSA) is 54.0 Å². The van der Waals surface area contributed by atoms with Gasteiger partial charge in [-0.2, -0.15) is 8.42 Å². The predicted octanol–water partition coefficient (Wildman–Crippen LogP) is 1.57. The van der Waals surface area contributed by atoms with E-state index in [2.05, 4.69) is 0 Å². The van der Waals surface area contributed by atoms with Crippen LogP contribution in [0, 0.1) is 5.41 Å². The third-order valence-electron chi connectivity index (χ3n) is 1.32. The van der Waals surface area contributed by atoms with Gasteiger partial charge >= 0.3 is 0 Å². The van der Waals surface area contributed by atoms with Gasteiger partial charge in [-0.1, -0.05) is 25.3 Å². The summed E-state index contributed by atoms with van der Waals surface area (Å²) in [6, 6.07) is 0. The maximum Gasteiger partial charge on any atom is 0.294 e. The van der Waals surface area contributed by atoms with Crippen molar-refractivity contribution >= 4 is 10.1 Å². The van der Waals surface area contributed by atoms with E-state index in [-0.39, 0.29) is 11.2 Å². The van der Waals surface area contributed by atoms with Crippen LogP contribution in [0.2, 0.25) is 0 Å². The Morgan fingerprint density at radius 3 is 1.91 bits per heavy atom. The van der Waals surface area contributed by atoms with Gasteiger partial charge in [-0.25, -0.2) is 0 Å². The van der Waals surface area contributed by atoms with Crippen molar-refractivity contribution in [2.75, 3.05) is 5.75 Å². The first-order valence-electron chi connectivity index (χ1n) is 3.64. The van der Waals surface area contributed by atoms with E-state index in [1.807, 2.05) is 20.8 Å². The molecule has 0 aromatic carbocycles. The van der Waals surface area contributed by atoms with Crippen LogP contribution >= 0.6 is 0 Å². The molecule has 1 radical (unpaired) electrons. The largest absolute Gasteiger partial charge is 0.294 e. The summed E-state index contributed by atoms with van der Waals surface area (Å²) in [7, 11) is -4.00. The molecule has 11 heavy (non-hydrogen) atoms. The van der Waals surface area contributed by atoms with Crippen molar-refractivity contribution in [3.05, 3.63) is 0 Å². The van der Waals surface area contributed by atoms with Gasteiger partial charge in [-0.05, 0) is 18.3 Å².